The normalized spacial score (nSPS) is 20.3. The van der Waals surface area contributed by atoms with E-state index in [1.165, 1.54) is 32.1 Å². The van der Waals surface area contributed by atoms with Crippen LogP contribution in [0.2, 0.25) is 0 Å². The average Bonchev–Trinajstić information content (AvgIpc) is 2.68. The van der Waals surface area contributed by atoms with Crippen LogP contribution >= 0.6 is 0 Å². The molecule has 1 unspecified atom stereocenters. The molecule has 3 nitrogen and oxygen atoms in total. The Kier molecular flexibility index (Phi) is 3.29. The molecule has 0 bridgehead atoms. The molecule has 1 atom stereocenters. The van der Waals surface area contributed by atoms with Crippen LogP contribution in [0.5, 0.6) is 0 Å². The monoisotopic (exact) mass is 208 g/mol. The Hall–Kier alpha value is -0.990. The number of rotatable bonds is 3. The third kappa shape index (κ3) is 2.16. The van der Waals surface area contributed by atoms with E-state index in [0.29, 0.717) is 12.0 Å². The lowest BCUT2D eigenvalue weighted by atomic mass is 9.83. The zero-order valence-electron chi connectivity index (χ0n) is 9.41. The fourth-order valence-electron chi connectivity index (χ4n) is 2.87. The summed E-state index contributed by atoms with van der Waals surface area (Å²) < 4.78 is 1.88. The molecule has 84 valence electrons. The molecule has 1 fully saturated rings. The van der Waals surface area contributed by atoms with Gasteiger partial charge in [0, 0.05) is 18.4 Å². The third-order valence-electron chi connectivity index (χ3n) is 3.65. The highest BCUT2D eigenvalue weighted by molar-refractivity contribution is 4.85. The number of aromatic nitrogens is 2. The van der Waals surface area contributed by atoms with E-state index >= 15 is 0 Å². The first kappa shape index (κ1) is 10.5. The summed E-state index contributed by atoms with van der Waals surface area (Å²) in [5.41, 5.74) is 0.0485. The highest BCUT2D eigenvalue weighted by Crippen LogP contribution is 2.33. The fraction of sp³-hybridized carbons (Fsp3) is 0.750. The van der Waals surface area contributed by atoms with Gasteiger partial charge in [-0.3, -0.25) is 4.57 Å². The predicted octanol–water partition coefficient (Wildman–Crippen LogP) is 2.71. The molecule has 1 heterocycles. The molecular formula is C12H20N2O. The van der Waals surface area contributed by atoms with Crippen LogP contribution in [0, 0.1) is 5.92 Å². The number of imidazole rings is 1. The highest BCUT2D eigenvalue weighted by Gasteiger charge is 2.24. The van der Waals surface area contributed by atoms with Gasteiger partial charge in [0.15, 0.2) is 0 Å². The van der Waals surface area contributed by atoms with Gasteiger partial charge in [-0.25, -0.2) is 4.79 Å². The molecule has 1 aromatic rings. The molecule has 0 saturated heterocycles. The van der Waals surface area contributed by atoms with Crippen molar-refractivity contribution in [3.05, 3.63) is 22.9 Å². The van der Waals surface area contributed by atoms with E-state index in [1.54, 1.807) is 6.20 Å². The van der Waals surface area contributed by atoms with Crippen molar-refractivity contribution in [2.24, 2.45) is 5.92 Å². The zero-order valence-corrected chi connectivity index (χ0v) is 9.41. The first-order valence-electron chi connectivity index (χ1n) is 6.08. The number of nitrogens with zero attached hydrogens (tertiary/aromatic N) is 1. The fourth-order valence-corrected chi connectivity index (χ4v) is 2.87. The number of hydrogen-bond donors (Lipinski definition) is 1. The van der Waals surface area contributed by atoms with Crippen LogP contribution in [0.15, 0.2) is 17.2 Å². The molecule has 0 radical (unpaired) electrons. The first-order valence-corrected chi connectivity index (χ1v) is 6.08. The molecule has 0 aromatic carbocycles. The van der Waals surface area contributed by atoms with Crippen LogP contribution in [0.25, 0.3) is 0 Å². The molecule has 1 aliphatic rings. The summed E-state index contributed by atoms with van der Waals surface area (Å²) in [6.45, 7) is 2.18. The number of aromatic amines is 1. The maximum Gasteiger partial charge on any atom is 0.325 e. The van der Waals surface area contributed by atoms with Crippen molar-refractivity contribution in [2.45, 2.75) is 51.5 Å². The second-order valence-corrected chi connectivity index (χ2v) is 4.55. The lowest BCUT2D eigenvalue weighted by Crippen LogP contribution is -2.28. The van der Waals surface area contributed by atoms with Crippen molar-refractivity contribution in [3.63, 3.8) is 0 Å². The van der Waals surface area contributed by atoms with Crippen LogP contribution in [0.4, 0.5) is 0 Å². The molecule has 2 rings (SSSR count). The SMILES string of the molecule is CCC(C1CCCCC1)n1cc[nH]c1=O. The van der Waals surface area contributed by atoms with E-state index in [9.17, 15) is 4.79 Å². The molecule has 1 saturated carbocycles. The lowest BCUT2D eigenvalue weighted by Gasteiger charge is -2.29. The number of hydrogen-bond acceptors (Lipinski definition) is 1. The quantitative estimate of drug-likeness (QED) is 0.814. The van der Waals surface area contributed by atoms with Crippen molar-refractivity contribution < 1.29 is 0 Å². The summed E-state index contributed by atoms with van der Waals surface area (Å²) in [7, 11) is 0. The molecule has 15 heavy (non-hydrogen) atoms. The predicted molar refractivity (Wildman–Crippen MR) is 61.0 cm³/mol. The van der Waals surface area contributed by atoms with E-state index in [4.69, 9.17) is 0 Å². The molecule has 1 aliphatic carbocycles. The summed E-state index contributed by atoms with van der Waals surface area (Å²) in [5.74, 6) is 0.706. The van der Waals surface area contributed by atoms with E-state index in [1.807, 2.05) is 10.8 Å². The van der Waals surface area contributed by atoms with Crippen LogP contribution in [-0.4, -0.2) is 9.55 Å². The maximum absolute atomic E-state index is 11.6. The average molecular weight is 208 g/mol. The Morgan fingerprint density at radius 2 is 2.20 bits per heavy atom. The summed E-state index contributed by atoms with van der Waals surface area (Å²) in [4.78, 5) is 14.3. The molecule has 0 spiro atoms. The second-order valence-electron chi connectivity index (χ2n) is 4.55. The van der Waals surface area contributed by atoms with Crippen molar-refractivity contribution in [1.82, 2.24) is 9.55 Å². The maximum atomic E-state index is 11.6. The van der Waals surface area contributed by atoms with E-state index in [2.05, 4.69) is 11.9 Å². The Balaban J connectivity index is 2.16. The first-order chi connectivity index (χ1) is 7.33. The van der Waals surface area contributed by atoms with Gasteiger partial charge in [-0.2, -0.15) is 0 Å². The van der Waals surface area contributed by atoms with Crippen LogP contribution < -0.4 is 5.69 Å². The van der Waals surface area contributed by atoms with Crippen molar-refractivity contribution in [2.75, 3.05) is 0 Å². The van der Waals surface area contributed by atoms with E-state index in [-0.39, 0.29) is 5.69 Å². The summed E-state index contributed by atoms with van der Waals surface area (Å²) >= 11 is 0. The highest BCUT2D eigenvalue weighted by atomic mass is 16.1. The molecule has 0 amide bonds. The molecule has 1 aromatic heterocycles. The van der Waals surface area contributed by atoms with Gasteiger partial charge in [-0.05, 0) is 25.2 Å². The Morgan fingerprint density at radius 1 is 1.47 bits per heavy atom. The van der Waals surface area contributed by atoms with Crippen LogP contribution in [0.3, 0.4) is 0 Å². The largest absolute Gasteiger partial charge is 0.325 e. The minimum Gasteiger partial charge on any atom is -0.313 e. The Bertz CT molecular complexity index is 347. The van der Waals surface area contributed by atoms with Crippen molar-refractivity contribution >= 4 is 0 Å². The smallest absolute Gasteiger partial charge is 0.313 e. The zero-order chi connectivity index (χ0) is 10.7. The van der Waals surface area contributed by atoms with Gasteiger partial charge in [0.25, 0.3) is 0 Å². The topological polar surface area (TPSA) is 37.8 Å². The van der Waals surface area contributed by atoms with Gasteiger partial charge in [0.1, 0.15) is 0 Å². The molecular weight excluding hydrogens is 188 g/mol. The van der Waals surface area contributed by atoms with E-state index < -0.39 is 0 Å². The van der Waals surface area contributed by atoms with Gasteiger partial charge in [-0.15, -0.1) is 0 Å². The van der Waals surface area contributed by atoms with Gasteiger partial charge in [0.05, 0.1) is 0 Å². The van der Waals surface area contributed by atoms with Crippen molar-refractivity contribution in [3.8, 4) is 0 Å². The summed E-state index contributed by atoms with van der Waals surface area (Å²) in [6.07, 6.45) is 11.3. The Labute approximate surface area is 90.5 Å². The number of H-pyrrole nitrogens is 1. The molecule has 1 N–H and O–H groups in total. The minimum atomic E-state index is 0.0485. The van der Waals surface area contributed by atoms with Gasteiger partial charge >= 0.3 is 5.69 Å². The van der Waals surface area contributed by atoms with Crippen LogP contribution in [0.1, 0.15) is 51.5 Å². The number of nitrogens with one attached hydrogen (secondary N) is 1. The van der Waals surface area contributed by atoms with Crippen molar-refractivity contribution in [1.29, 1.82) is 0 Å². The molecule has 0 aliphatic heterocycles. The summed E-state index contributed by atoms with van der Waals surface area (Å²) in [5, 5.41) is 0. The molecule has 3 heteroatoms. The van der Waals surface area contributed by atoms with Crippen LogP contribution in [-0.2, 0) is 0 Å². The Morgan fingerprint density at radius 3 is 2.73 bits per heavy atom. The third-order valence-corrected chi connectivity index (χ3v) is 3.65. The van der Waals surface area contributed by atoms with Gasteiger partial charge in [0.2, 0.25) is 0 Å². The second kappa shape index (κ2) is 4.69. The van der Waals surface area contributed by atoms with E-state index in [0.717, 1.165) is 6.42 Å². The van der Waals surface area contributed by atoms with Gasteiger partial charge < -0.3 is 4.98 Å². The minimum absolute atomic E-state index is 0.0485. The van der Waals surface area contributed by atoms with Gasteiger partial charge in [-0.1, -0.05) is 26.2 Å². The summed E-state index contributed by atoms with van der Waals surface area (Å²) in [6, 6.07) is 0.407. The standard InChI is InChI=1S/C12H20N2O/c1-2-11(10-6-4-3-5-7-10)14-9-8-13-12(14)15/h8-11H,2-7H2,1H3,(H,13,15). The lowest BCUT2D eigenvalue weighted by molar-refractivity contribution is 0.239.